The van der Waals surface area contributed by atoms with Crippen LogP contribution in [0.3, 0.4) is 0 Å². The summed E-state index contributed by atoms with van der Waals surface area (Å²) in [7, 11) is -3.77. The number of nitrogens with zero attached hydrogens (tertiary/aromatic N) is 1. The molecule has 0 aliphatic heterocycles. The molecule has 0 bridgehead atoms. The number of nitriles is 1. The molecule has 0 aromatic heterocycles. The lowest BCUT2D eigenvalue weighted by Crippen LogP contribution is -2.13. The van der Waals surface area contributed by atoms with E-state index in [2.05, 4.69) is 36.6 Å². The van der Waals surface area contributed by atoms with Gasteiger partial charge in [-0.05, 0) is 52.3 Å². The summed E-state index contributed by atoms with van der Waals surface area (Å²) < 4.78 is 28.2. The first-order valence-corrected chi connectivity index (χ1v) is 8.96. The van der Waals surface area contributed by atoms with E-state index in [0.29, 0.717) is 8.95 Å². The van der Waals surface area contributed by atoms with Gasteiger partial charge in [-0.1, -0.05) is 27.5 Å². The molecule has 8 heteroatoms. The maximum atomic E-state index is 12.4. The van der Waals surface area contributed by atoms with Crippen molar-refractivity contribution >= 4 is 59.2 Å². The summed E-state index contributed by atoms with van der Waals surface area (Å²) in [5, 5.41) is 8.99. The molecule has 0 atom stereocenters. The van der Waals surface area contributed by atoms with E-state index in [1.165, 1.54) is 24.3 Å². The van der Waals surface area contributed by atoms with Gasteiger partial charge in [-0.2, -0.15) is 5.26 Å². The van der Waals surface area contributed by atoms with E-state index >= 15 is 0 Å². The molecule has 2 aromatic carbocycles. The van der Waals surface area contributed by atoms with Gasteiger partial charge in [0.15, 0.2) is 0 Å². The van der Waals surface area contributed by atoms with Crippen molar-refractivity contribution in [1.82, 2.24) is 0 Å². The Labute approximate surface area is 144 Å². The number of hydrogen-bond acceptors (Lipinski definition) is 3. The van der Waals surface area contributed by atoms with Crippen molar-refractivity contribution in [2.24, 2.45) is 0 Å². The number of anilines is 1. The van der Waals surface area contributed by atoms with Gasteiger partial charge >= 0.3 is 0 Å². The van der Waals surface area contributed by atoms with Crippen molar-refractivity contribution in [2.75, 3.05) is 4.72 Å². The van der Waals surface area contributed by atoms with E-state index in [1.54, 1.807) is 12.1 Å². The first-order valence-electron chi connectivity index (χ1n) is 5.51. The highest BCUT2D eigenvalue weighted by atomic mass is 79.9. The predicted molar refractivity (Wildman–Crippen MR) is 88.8 cm³/mol. The number of nitrogens with one attached hydrogen (secondary N) is 1. The SMILES string of the molecule is N#Cc1ccc(NS(=O)(=O)c2cc(Br)ccc2Br)cc1Cl. The van der Waals surface area contributed by atoms with Crippen LogP contribution in [0, 0.1) is 11.3 Å². The second kappa shape index (κ2) is 6.36. The van der Waals surface area contributed by atoms with Gasteiger partial charge < -0.3 is 0 Å². The van der Waals surface area contributed by atoms with E-state index in [-0.39, 0.29) is 21.2 Å². The highest BCUT2D eigenvalue weighted by molar-refractivity contribution is 9.11. The van der Waals surface area contributed by atoms with Crippen molar-refractivity contribution < 1.29 is 8.42 Å². The van der Waals surface area contributed by atoms with Crippen LogP contribution >= 0.6 is 43.5 Å². The lowest BCUT2D eigenvalue weighted by molar-refractivity contribution is 0.600. The molecule has 0 radical (unpaired) electrons. The highest BCUT2D eigenvalue weighted by Gasteiger charge is 2.18. The molecule has 0 aliphatic rings. The average molecular weight is 451 g/mol. The molecule has 2 rings (SSSR count). The molecule has 1 N–H and O–H groups in total. The molecule has 0 aliphatic carbocycles. The summed E-state index contributed by atoms with van der Waals surface area (Å²) in [6.45, 7) is 0. The average Bonchev–Trinajstić information content (AvgIpc) is 2.41. The zero-order valence-corrected chi connectivity index (χ0v) is 15.0. The number of benzene rings is 2. The summed E-state index contributed by atoms with van der Waals surface area (Å²) in [4.78, 5) is 0.0948. The molecule has 2 aromatic rings. The molecule has 4 nitrogen and oxygen atoms in total. The van der Waals surface area contributed by atoms with E-state index in [0.717, 1.165) is 0 Å². The summed E-state index contributed by atoms with van der Waals surface area (Å²) in [6.07, 6.45) is 0. The Morgan fingerprint density at radius 3 is 2.48 bits per heavy atom. The summed E-state index contributed by atoms with van der Waals surface area (Å²) in [5.74, 6) is 0. The number of sulfonamides is 1. The third-order valence-electron chi connectivity index (χ3n) is 2.52. The largest absolute Gasteiger partial charge is 0.280 e. The molecule has 0 saturated heterocycles. The Morgan fingerprint density at radius 2 is 1.86 bits per heavy atom. The van der Waals surface area contributed by atoms with Gasteiger partial charge in [-0.15, -0.1) is 0 Å². The highest BCUT2D eigenvalue weighted by Crippen LogP contribution is 2.28. The minimum Gasteiger partial charge on any atom is -0.280 e. The van der Waals surface area contributed by atoms with Crippen LogP contribution in [0.15, 0.2) is 50.2 Å². The molecule has 0 heterocycles. The van der Waals surface area contributed by atoms with Gasteiger partial charge in [0.2, 0.25) is 0 Å². The minimum atomic E-state index is -3.77. The van der Waals surface area contributed by atoms with E-state index in [9.17, 15) is 8.42 Å². The zero-order valence-electron chi connectivity index (χ0n) is 10.3. The third kappa shape index (κ3) is 3.77. The summed E-state index contributed by atoms with van der Waals surface area (Å²) >= 11 is 12.3. The van der Waals surface area contributed by atoms with Crippen LogP contribution < -0.4 is 4.72 Å². The van der Waals surface area contributed by atoms with Crippen LogP contribution in [0.1, 0.15) is 5.56 Å². The standard InChI is InChI=1S/C13H7Br2ClN2O2S/c14-9-2-4-11(15)13(5-9)21(19,20)18-10-3-1-8(7-17)12(16)6-10/h1-6,18H. The second-order valence-corrected chi connectivity index (χ2v) is 7.81. The first kappa shape index (κ1) is 16.3. The summed E-state index contributed by atoms with van der Waals surface area (Å²) in [6, 6.07) is 11.1. The molecular formula is C13H7Br2ClN2O2S. The molecular weight excluding hydrogens is 443 g/mol. The third-order valence-corrected chi connectivity index (χ3v) is 5.71. The van der Waals surface area contributed by atoms with E-state index in [1.807, 2.05) is 6.07 Å². The molecule has 0 saturated carbocycles. The second-order valence-electron chi connectivity index (χ2n) is 3.99. The maximum absolute atomic E-state index is 12.4. The normalized spacial score (nSPS) is 11.0. The fraction of sp³-hybridized carbons (Fsp3) is 0. The number of halogens is 3. The number of rotatable bonds is 3. The topological polar surface area (TPSA) is 70.0 Å². The lowest BCUT2D eigenvalue weighted by Gasteiger charge is -2.10. The first-order chi connectivity index (χ1) is 9.83. The van der Waals surface area contributed by atoms with Gasteiger partial charge in [-0.25, -0.2) is 8.42 Å². The maximum Gasteiger partial charge on any atom is 0.263 e. The lowest BCUT2D eigenvalue weighted by atomic mass is 10.2. The monoisotopic (exact) mass is 448 g/mol. The Morgan fingerprint density at radius 1 is 1.14 bits per heavy atom. The molecule has 0 unspecified atom stereocenters. The van der Waals surface area contributed by atoms with E-state index < -0.39 is 10.0 Å². The van der Waals surface area contributed by atoms with Crippen molar-refractivity contribution in [3.8, 4) is 6.07 Å². The Bertz CT molecular complexity index is 848. The van der Waals surface area contributed by atoms with Crippen LogP contribution in [0.25, 0.3) is 0 Å². The zero-order chi connectivity index (χ0) is 15.6. The Balaban J connectivity index is 2.40. The van der Waals surface area contributed by atoms with Crippen LogP contribution in [0.5, 0.6) is 0 Å². The van der Waals surface area contributed by atoms with Gasteiger partial charge in [0, 0.05) is 8.95 Å². The van der Waals surface area contributed by atoms with Gasteiger partial charge in [0.1, 0.15) is 11.0 Å². The molecule has 0 spiro atoms. The smallest absolute Gasteiger partial charge is 0.263 e. The van der Waals surface area contributed by atoms with Gasteiger partial charge in [-0.3, -0.25) is 4.72 Å². The van der Waals surface area contributed by atoms with Crippen LogP contribution in [0.2, 0.25) is 5.02 Å². The van der Waals surface area contributed by atoms with Crippen molar-refractivity contribution in [3.63, 3.8) is 0 Å². The predicted octanol–water partition coefficient (Wildman–Crippen LogP) is 4.54. The quantitative estimate of drug-likeness (QED) is 0.747. The minimum absolute atomic E-state index is 0.0948. The molecule has 0 amide bonds. The van der Waals surface area contributed by atoms with Gasteiger partial charge in [0.05, 0.1) is 16.3 Å². The van der Waals surface area contributed by atoms with Crippen LogP contribution in [-0.2, 0) is 10.0 Å². The Hall–Kier alpha value is -1.07. The van der Waals surface area contributed by atoms with Crippen molar-refractivity contribution in [3.05, 3.63) is 55.9 Å². The van der Waals surface area contributed by atoms with Crippen LogP contribution in [-0.4, -0.2) is 8.42 Å². The Kier molecular flexibility index (Phi) is 4.94. The van der Waals surface area contributed by atoms with Gasteiger partial charge in [0.25, 0.3) is 10.0 Å². The molecule has 0 fully saturated rings. The van der Waals surface area contributed by atoms with E-state index in [4.69, 9.17) is 16.9 Å². The fourth-order valence-electron chi connectivity index (χ4n) is 1.56. The van der Waals surface area contributed by atoms with Crippen molar-refractivity contribution in [1.29, 1.82) is 5.26 Å². The fourth-order valence-corrected chi connectivity index (χ4v) is 4.34. The molecule has 21 heavy (non-hydrogen) atoms. The summed E-state index contributed by atoms with van der Waals surface area (Å²) in [5.41, 5.74) is 0.564. The van der Waals surface area contributed by atoms with Crippen LogP contribution in [0.4, 0.5) is 5.69 Å². The van der Waals surface area contributed by atoms with Crippen molar-refractivity contribution in [2.45, 2.75) is 4.90 Å². The molecule has 108 valence electrons. The number of hydrogen-bond donors (Lipinski definition) is 1.